The molecule has 0 radical (unpaired) electrons. The summed E-state index contributed by atoms with van der Waals surface area (Å²) in [5.41, 5.74) is 4.59. The van der Waals surface area contributed by atoms with E-state index in [1.165, 1.54) is 11.6 Å². The summed E-state index contributed by atoms with van der Waals surface area (Å²) >= 11 is 12.5. The second-order valence-electron chi connectivity index (χ2n) is 8.56. The van der Waals surface area contributed by atoms with Gasteiger partial charge in [-0.1, -0.05) is 68.2 Å². The minimum absolute atomic E-state index is 0.0354. The van der Waals surface area contributed by atoms with Crippen molar-refractivity contribution in [3.8, 4) is 5.75 Å². The predicted octanol–water partition coefficient (Wildman–Crippen LogP) is 6.77. The van der Waals surface area contributed by atoms with Crippen LogP contribution >= 0.6 is 23.2 Å². The minimum Gasteiger partial charge on any atom is -0.423 e. The summed E-state index contributed by atoms with van der Waals surface area (Å²) in [6.45, 7) is 10.7. The molecule has 0 saturated carbocycles. The highest BCUT2D eigenvalue weighted by molar-refractivity contribution is 6.31. The van der Waals surface area contributed by atoms with Crippen LogP contribution in [-0.4, -0.2) is 15.7 Å². The van der Waals surface area contributed by atoms with Gasteiger partial charge in [0.15, 0.2) is 0 Å². The lowest BCUT2D eigenvalue weighted by Crippen LogP contribution is -2.12. The maximum Gasteiger partial charge on any atom is 0.336 e. The molecule has 4 nitrogen and oxygen atoms in total. The Balaban J connectivity index is 1.72. The summed E-state index contributed by atoms with van der Waals surface area (Å²) in [7, 11) is 0. The number of aromatic nitrogens is 2. The van der Waals surface area contributed by atoms with Crippen LogP contribution in [0.5, 0.6) is 5.75 Å². The molecule has 0 unspecified atom stereocenters. The van der Waals surface area contributed by atoms with E-state index >= 15 is 0 Å². The van der Waals surface area contributed by atoms with E-state index in [1.807, 2.05) is 56.3 Å². The second kappa shape index (κ2) is 9.29. The zero-order valence-corrected chi connectivity index (χ0v) is 19.9. The molecule has 0 aliphatic heterocycles. The van der Waals surface area contributed by atoms with Crippen molar-refractivity contribution >= 4 is 35.2 Å². The number of aryl methyl sites for hydroxylation is 2. The molecule has 1 heterocycles. The van der Waals surface area contributed by atoms with Gasteiger partial charge in [0.05, 0.1) is 12.2 Å². The molecule has 0 atom stereocenters. The number of carbonyl (C=O) groups excluding carboxylic acids is 1. The van der Waals surface area contributed by atoms with Crippen LogP contribution in [0.15, 0.2) is 48.5 Å². The Morgan fingerprint density at radius 2 is 1.77 bits per heavy atom. The maximum absolute atomic E-state index is 12.4. The van der Waals surface area contributed by atoms with Crippen molar-refractivity contribution in [2.24, 2.45) is 0 Å². The lowest BCUT2D eigenvalue weighted by atomic mass is 9.86. The van der Waals surface area contributed by atoms with E-state index in [0.717, 1.165) is 16.8 Å². The first-order valence-electron chi connectivity index (χ1n) is 10.0. The average Bonchev–Trinajstić information content (AvgIpc) is 2.95. The molecule has 3 aromatic rings. The minimum atomic E-state index is -0.465. The van der Waals surface area contributed by atoms with Crippen LogP contribution in [0.4, 0.5) is 0 Å². The summed E-state index contributed by atoms with van der Waals surface area (Å²) in [5, 5.41) is 5.62. The molecule has 0 aliphatic rings. The number of hydrogen-bond donors (Lipinski definition) is 0. The van der Waals surface area contributed by atoms with E-state index < -0.39 is 5.97 Å². The van der Waals surface area contributed by atoms with Crippen molar-refractivity contribution in [2.75, 3.05) is 0 Å². The standard InChI is InChI=1S/C25H26Cl2N2O2/c1-16-14-19(25(3,4)5)8-12-22(16)31-23(30)13-11-21-17(2)28-29(24(21)27)15-18-6-9-20(26)10-7-18/h6-14H,15H2,1-5H3. The van der Waals surface area contributed by atoms with Crippen LogP contribution in [0.25, 0.3) is 6.08 Å². The number of hydrogen-bond acceptors (Lipinski definition) is 3. The van der Waals surface area contributed by atoms with Gasteiger partial charge < -0.3 is 4.74 Å². The highest BCUT2D eigenvalue weighted by atomic mass is 35.5. The van der Waals surface area contributed by atoms with Crippen LogP contribution < -0.4 is 4.74 Å². The summed E-state index contributed by atoms with van der Waals surface area (Å²) in [5.74, 6) is 0.0800. The van der Waals surface area contributed by atoms with Crippen LogP contribution in [0.3, 0.4) is 0 Å². The Morgan fingerprint density at radius 3 is 2.39 bits per heavy atom. The maximum atomic E-state index is 12.4. The lowest BCUT2D eigenvalue weighted by molar-refractivity contribution is -0.128. The molecular weight excluding hydrogens is 431 g/mol. The Morgan fingerprint density at radius 1 is 1.10 bits per heavy atom. The Labute approximate surface area is 193 Å². The van der Waals surface area contributed by atoms with Gasteiger partial charge in [-0.25, -0.2) is 9.48 Å². The second-order valence-corrected chi connectivity index (χ2v) is 9.35. The highest BCUT2D eigenvalue weighted by Gasteiger charge is 2.16. The van der Waals surface area contributed by atoms with Crippen LogP contribution in [-0.2, 0) is 16.8 Å². The molecular formula is C25H26Cl2N2O2. The molecule has 1 aromatic heterocycles. The summed E-state index contributed by atoms with van der Waals surface area (Å²) in [6, 6.07) is 13.4. The molecule has 0 aliphatic carbocycles. The first kappa shape index (κ1) is 23.1. The van der Waals surface area contributed by atoms with Gasteiger partial charge in [-0.2, -0.15) is 5.10 Å². The van der Waals surface area contributed by atoms with E-state index in [0.29, 0.717) is 28.0 Å². The molecule has 0 N–H and O–H groups in total. The lowest BCUT2D eigenvalue weighted by Gasteiger charge is -2.20. The molecule has 0 saturated heterocycles. The van der Waals surface area contributed by atoms with Crippen LogP contribution in [0.2, 0.25) is 10.2 Å². The molecule has 0 fully saturated rings. The van der Waals surface area contributed by atoms with Gasteiger partial charge in [0, 0.05) is 16.7 Å². The first-order valence-corrected chi connectivity index (χ1v) is 10.8. The molecule has 0 amide bonds. The van der Waals surface area contributed by atoms with Gasteiger partial charge in [0.25, 0.3) is 0 Å². The average molecular weight is 457 g/mol. The van der Waals surface area contributed by atoms with Crippen molar-refractivity contribution in [1.29, 1.82) is 0 Å². The molecule has 162 valence electrons. The third-order valence-electron chi connectivity index (χ3n) is 4.99. The number of benzene rings is 2. The van der Waals surface area contributed by atoms with Crippen molar-refractivity contribution in [1.82, 2.24) is 9.78 Å². The monoisotopic (exact) mass is 456 g/mol. The fourth-order valence-corrected chi connectivity index (χ4v) is 3.57. The van der Waals surface area contributed by atoms with Gasteiger partial charge in [0.2, 0.25) is 0 Å². The van der Waals surface area contributed by atoms with E-state index in [1.54, 1.807) is 10.8 Å². The van der Waals surface area contributed by atoms with E-state index in [4.69, 9.17) is 27.9 Å². The third kappa shape index (κ3) is 5.78. The molecule has 0 spiro atoms. The van der Waals surface area contributed by atoms with Crippen molar-refractivity contribution in [3.63, 3.8) is 0 Å². The van der Waals surface area contributed by atoms with Gasteiger partial charge >= 0.3 is 5.97 Å². The van der Waals surface area contributed by atoms with Gasteiger partial charge in [0.1, 0.15) is 10.9 Å². The van der Waals surface area contributed by atoms with E-state index in [2.05, 4.69) is 25.9 Å². The largest absolute Gasteiger partial charge is 0.423 e. The summed E-state index contributed by atoms with van der Waals surface area (Å²) < 4.78 is 7.21. The Kier molecular flexibility index (Phi) is 6.93. The van der Waals surface area contributed by atoms with Gasteiger partial charge in [-0.15, -0.1) is 0 Å². The van der Waals surface area contributed by atoms with Gasteiger partial charge in [-0.3, -0.25) is 0 Å². The topological polar surface area (TPSA) is 44.1 Å². The number of halogens is 2. The summed E-state index contributed by atoms with van der Waals surface area (Å²) in [6.07, 6.45) is 3.02. The number of nitrogens with zero attached hydrogens (tertiary/aromatic N) is 2. The first-order chi connectivity index (χ1) is 14.5. The quantitative estimate of drug-likeness (QED) is 0.241. The Hall–Kier alpha value is -2.56. The van der Waals surface area contributed by atoms with Crippen molar-refractivity contribution < 1.29 is 9.53 Å². The summed E-state index contributed by atoms with van der Waals surface area (Å²) in [4.78, 5) is 12.4. The number of esters is 1. The van der Waals surface area contributed by atoms with Crippen molar-refractivity contribution in [3.05, 3.63) is 86.7 Å². The molecule has 31 heavy (non-hydrogen) atoms. The fraction of sp³-hybridized carbons (Fsp3) is 0.280. The van der Waals surface area contributed by atoms with E-state index in [9.17, 15) is 4.79 Å². The van der Waals surface area contributed by atoms with Crippen LogP contribution in [0.1, 0.15) is 48.7 Å². The predicted molar refractivity (Wildman–Crippen MR) is 127 cm³/mol. The number of ether oxygens (including phenoxy) is 1. The molecule has 2 aromatic carbocycles. The van der Waals surface area contributed by atoms with E-state index in [-0.39, 0.29) is 5.41 Å². The van der Waals surface area contributed by atoms with Crippen molar-refractivity contribution in [2.45, 2.75) is 46.6 Å². The Bertz CT molecular complexity index is 1120. The fourth-order valence-electron chi connectivity index (χ4n) is 3.15. The zero-order valence-electron chi connectivity index (χ0n) is 18.4. The molecule has 3 rings (SSSR count). The third-order valence-corrected chi connectivity index (χ3v) is 5.64. The number of rotatable bonds is 5. The molecule has 6 heteroatoms. The van der Waals surface area contributed by atoms with Crippen LogP contribution in [0, 0.1) is 13.8 Å². The highest BCUT2D eigenvalue weighted by Crippen LogP contribution is 2.28. The smallest absolute Gasteiger partial charge is 0.336 e. The zero-order chi connectivity index (χ0) is 22.8. The SMILES string of the molecule is Cc1cc(C(C)(C)C)ccc1OC(=O)C=Cc1c(C)nn(Cc2ccc(Cl)cc2)c1Cl. The number of carbonyl (C=O) groups is 1. The normalized spacial score (nSPS) is 11.8. The van der Waals surface area contributed by atoms with Gasteiger partial charge in [-0.05, 0) is 60.2 Å². The molecule has 0 bridgehead atoms.